The van der Waals surface area contributed by atoms with E-state index in [1.54, 1.807) is 0 Å². The summed E-state index contributed by atoms with van der Waals surface area (Å²) in [7, 11) is 0. The van der Waals surface area contributed by atoms with Crippen LogP contribution in [0.25, 0.3) is 11.4 Å². The van der Waals surface area contributed by atoms with Crippen LogP contribution in [0.15, 0.2) is 53.1 Å². The van der Waals surface area contributed by atoms with Gasteiger partial charge in [0.1, 0.15) is 17.6 Å². The number of carbonyl (C=O) groups is 1. The van der Waals surface area contributed by atoms with Crippen LogP contribution in [0.3, 0.4) is 0 Å². The average molecular weight is 487 g/mol. The van der Waals surface area contributed by atoms with E-state index in [-0.39, 0.29) is 29.9 Å². The maximum atomic E-state index is 12.6. The van der Waals surface area contributed by atoms with Crippen LogP contribution in [0.1, 0.15) is 22.7 Å². The predicted octanol–water partition coefficient (Wildman–Crippen LogP) is 4.95. The van der Waals surface area contributed by atoms with E-state index in [4.69, 9.17) is 4.74 Å². The van der Waals surface area contributed by atoms with Crippen molar-refractivity contribution in [1.82, 2.24) is 15.0 Å². The van der Waals surface area contributed by atoms with Gasteiger partial charge in [-0.05, 0) is 48.5 Å². The van der Waals surface area contributed by atoms with Crippen molar-refractivity contribution in [3.05, 3.63) is 60.0 Å². The molecule has 34 heavy (non-hydrogen) atoms. The lowest BCUT2D eigenvalue weighted by Gasteiger charge is -2.18. The quantitative estimate of drug-likeness (QED) is 0.474. The highest BCUT2D eigenvalue weighted by molar-refractivity contribution is 5.94. The van der Waals surface area contributed by atoms with Crippen LogP contribution in [-0.4, -0.2) is 46.5 Å². The number of nitrogens with zero attached hydrogens (tertiary/aromatic N) is 3. The van der Waals surface area contributed by atoms with Crippen LogP contribution in [-0.2, 0) is 6.18 Å². The SMILES string of the molecule is O=C(c1ccc(OC(F)(F)F)cc1)N1CCC(Oc2ccc(-c3noc(C(F)(F)F)n3)cc2)C1. The first-order valence-electron chi connectivity index (χ1n) is 9.81. The number of hydrogen-bond donors (Lipinski definition) is 0. The van der Waals surface area contributed by atoms with E-state index < -0.39 is 24.2 Å². The van der Waals surface area contributed by atoms with E-state index in [1.807, 2.05) is 0 Å². The van der Waals surface area contributed by atoms with E-state index in [9.17, 15) is 31.1 Å². The van der Waals surface area contributed by atoms with Crippen molar-refractivity contribution in [3.8, 4) is 22.9 Å². The summed E-state index contributed by atoms with van der Waals surface area (Å²) in [5.74, 6) is -2.02. The zero-order valence-electron chi connectivity index (χ0n) is 17.1. The van der Waals surface area contributed by atoms with Crippen molar-refractivity contribution in [1.29, 1.82) is 0 Å². The molecule has 0 spiro atoms. The largest absolute Gasteiger partial charge is 0.573 e. The number of carbonyl (C=O) groups excluding carboxylic acids is 1. The highest BCUT2D eigenvalue weighted by Crippen LogP contribution is 2.30. The van der Waals surface area contributed by atoms with E-state index in [1.165, 1.54) is 41.3 Å². The second-order valence-electron chi connectivity index (χ2n) is 7.30. The molecule has 0 saturated carbocycles. The third kappa shape index (κ3) is 5.58. The van der Waals surface area contributed by atoms with Crippen molar-refractivity contribution in [3.63, 3.8) is 0 Å². The van der Waals surface area contributed by atoms with Gasteiger partial charge in [0.05, 0.1) is 6.54 Å². The number of likely N-dealkylation sites (tertiary alicyclic amines) is 1. The third-order valence-corrected chi connectivity index (χ3v) is 4.85. The lowest BCUT2D eigenvalue weighted by molar-refractivity contribution is -0.274. The van der Waals surface area contributed by atoms with Gasteiger partial charge < -0.3 is 18.9 Å². The van der Waals surface area contributed by atoms with Crippen LogP contribution >= 0.6 is 0 Å². The van der Waals surface area contributed by atoms with Crippen molar-refractivity contribution < 1.29 is 45.1 Å². The van der Waals surface area contributed by atoms with Gasteiger partial charge in [-0.15, -0.1) is 13.2 Å². The number of ether oxygens (including phenoxy) is 2. The molecule has 180 valence electrons. The number of alkyl halides is 6. The van der Waals surface area contributed by atoms with Gasteiger partial charge in [0.15, 0.2) is 0 Å². The Bertz CT molecular complexity index is 1140. The topological polar surface area (TPSA) is 77.7 Å². The van der Waals surface area contributed by atoms with Crippen LogP contribution in [0, 0.1) is 0 Å². The number of rotatable bonds is 5. The molecule has 4 rings (SSSR count). The number of aromatic nitrogens is 2. The Morgan fingerprint density at radius 1 is 0.971 bits per heavy atom. The number of hydrogen-bond acceptors (Lipinski definition) is 6. The molecule has 0 radical (unpaired) electrons. The molecule has 1 aromatic heterocycles. The molecule has 13 heteroatoms. The zero-order chi connectivity index (χ0) is 24.5. The second kappa shape index (κ2) is 8.88. The van der Waals surface area contributed by atoms with Crippen molar-refractivity contribution in [2.24, 2.45) is 0 Å². The summed E-state index contributed by atoms with van der Waals surface area (Å²) in [6.07, 6.45) is -9.38. The van der Waals surface area contributed by atoms with Gasteiger partial charge in [0, 0.05) is 24.1 Å². The average Bonchev–Trinajstić information content (AvgIpc) is 3.43. The predicted molar refractivity (Wildman–Crippen MR) is 103 cm³/mol. The first-order chi connectivity index (χ1) is 16.0. The molecule has 1 aliphatic heterocycles. The summed E-state index contributed by atoms with van der Waals surface area (Å²) in [5, 5.41) is 3.31. The Labute approximate surface area is 187 Å². The maximum absolute atomic E-state index is 12.6. The highest BCUT2D eigenvalue weighted by atomic mass is 19.4. The molecule has 0 N–H and O–H groups in total. The number of halogens is 6. The summed E-state index contributed by atoms with van der Waals surface area (Å²) >= 11 is 0. The fourth-order valence-electron chi connectivity index (χ4n) is 3.32. The minimum atomic E-state index is -4.82. The Kier molecular flexibility index (Phi) is 6.11. The molecule has 7 nitrogen and oxygen atoms in total. The first kappa shape index (κ1) is 23.4. The van der Waals surface area contributed by atoms with E-state index in [2.05, 4.69) is 19.4 Å². The Balaban J connectivity index is 1.33. The molecule has 1 unspecified atom stereocenters. The normalized spacial score (nSPS) is 16.5. The molecular formula is C21H15F6N3O4. The molecule has 1 saturated heterocycles. The number of benzene rings is 2. The van der Waals surface area contributed by atoms with E-state index in [0.717, 1.165) is 12.1 Å². The first-order valence-corrected chi connectivity index (χ1v) is 9.81. The summed E-state index contributed by atoms with van der Waals surface area (Å²) in [6, 6.07) is 10.6. The molecule has 0 aliphatic carbocycles. The van der Waals surface area contributed by atoms with Gasteiger partial charge in [0.25, 0.3) is 5.91 Å². The van der Waals surface area contributed by atoms with Gasteiger partial charge >= 0.3 is 18.4 Å². The summed E-state index contributed by atoms with van der Waals surface area (Å²) < 4.78 is 88.4. The monoisotopic (exact) mass is 487 g/mol. The Morgan fingerprint density at radius 2 is 1.62 bits per heavy atom. The second-order valence-corrected chi connectivity index (χ2v) is 7.30. The molecule has 1 fully saturated rings. The fourth-order valence-corrected chi connectivity index (χ4v) is 3.32. The summed E-state index contributed by atoms with van der Waals surface area (Å²) in [4.78, 5) is 17.4. The fraction of sp³-hybridized carbons (Fsp3) is 0.286. The van der Waals surface area contributed by atoms with Crippen molar-refractivity contribution in [2.45, 2.75) is 25.1 Å². The molecule has 1 atom stereocenters. The smallest absolute Gasteiger partial charge is 0.489 e. The molecular weight excluding hydrogens is 472 g/mol. The van der Waals surface area contributed by atoms with Gasteiger partial charge in [-0.1, -0.05) is 5.16 Å². The van der Waals surface area contributed by atoms with Crippen LogP contribution < -0.4 is 9.47 Å². The Hall–Kier alpha value is -3.77. The van der Waals surface area contributed by atoms with Gasteiger partial charge in [0.2, 0.25) is 5.82 Å². The molecule has 1 aliphatic rings. The van der Waals surface area contributed by atoms with Crippen molar-refractivity contribution >= 4 is 5.91 Å². The van der Waals surface area contributed by atoms with Gasteiger partial charge in [-0.3, -0.25) is 4.79 Å². The van der Waals surface area contributed by atoms with Crippen molar-refractivity contribution in [2.75, 3.05) is 13.1 Å². The molecule has 2 aromatic carbocycles. The van der Waals surface area contributed by atoms with Gasteiger partial charge in [-0.2, -0.15) is 18.2 Å². The highest BCUT2D eigenvalue weighted by Gasteiger charge is 2.38. The lowest BCUT2D eigenvalue weighted by atomic mass is 10.2. The van der Waals surface area contributed by atoms with E-state index in [0.29, 0.717) is 24.3 Å². The Morgan fingerprint density at radius 3 is 2.21 bits per heavy atom. The third-order valence-electron chi connectivity index (χ3n) is 4.85. The van der Waals surface area contributed by atoms with Crippen LogP contribution in [0.4, 0.5) is 26.3 Å². The van der Waals surface area contributed by atoms with Crippen LogP contribution in [0.2, 0.25) is 0 Å². The van der Waals surface area contributed by atoms with Crippen LogP contribution in [0.5, 0.6) is 11.5 Å². The number of amides is 1. The summed E-state index contributed by atoms with van der Waals surface area (Å²) in [6.45, 7) is 0.632. The zero-order valence-corrected chi connectivity index (χ0v) is 17.1. The lowest BCUT2D eigenvalue weighted by Crippen LogP contribution is -2.30. The minimum Gasteiger partial charge on any atom is -0.489 e. The maximum Gasteiger partial charge on any atom is 0.573 e. The van der Waals surface area contributed by atoms with E-state index >= 15 is 0 Å². The summed E-state index contributed by atoms with van der Waals surface area (Å²) in [5.41, 5.74) is 0.505. The molecule has 0 bridgehead atoms. The standard InChI is InChI=1S/C21H15F6N3O4/c22-20(23,24)19-28-17(29-34-19)12-1-5-14(6-2-12)32-16-9-10-30(11-16)18(31)13-3-7-15(8-4-13)33-21(25,26)27/h1-8,16H,9-11H2. The minimum absolute atomic E-state index is 0.206. The molecule has 2 heterocycles. The molecule has 1 amide bonds. The molecule has 3 aromatic rings. The van der Waals surface area contributed by atoms with Gasteiger partial charge in [-0.25, -0.2) is 0 Å².